The summed E-state index contributed by atoms with van der Waals surface area (Å²) in [6, 6.07) is 19.4. The Morgan fingerprint density at radius 1 is 1.04 bits per heavy atom. The SMILES string of the molecule is COC(=O)c1ccccc1N=Cc1cccn1-c1ccc(N(C)C)cc1. The molecule has 0 amide bonds. The molecule has 1 heterocycles. The van der Waals surface area contributed by atoms with E-state index in [1.165, 1.54) is 7.11 Å². The number of carbonyl (C=O) groups excluding carboxylic acids is 1. The summed E-state index contributed by atoms with van der Waals surface area (Å²) in [5.74, 6) is -0.396. The number of rotatable bonds is 5. The van der Waals surface area contributed by atoms with E-state index in [4.69, 9.17) is 4.74 Å². The highest BCUT2D eigenvalue weighted by molar-refractivity contribution is 5.96. The number of anilines is 1. The molecule has 26 heavy (non-hydrogen) atoms. The van der Waals surface area contributed by atoms with Gasteiger partial charge < -0.3 is 14.2 Å². The van der Waals surface area contributed by atoms with Crippen molar-refractivity contribution in [2.75, 3.05) is 26.1 Å². The zero-order valence-electron chi connectivity index (χ0n) is 15.1. The highest BCUT2D eigenvalue weighted by Crippen LogP contribution is 2.21. The van der Waals surface area contributed by atoms with Crippen molar-refractivity contribution in [2.24, 2.45) is 4.99 Å². The molecule has 0 radical (unpaired) electrons. The Bertz CT molecular complexity index is 924. The maximum Gasteiger partial charge on any atom is 0.340 e. The van der Waals surface area contributed by atoms with E-state index in [0.717, 1.165) is 17.1 Å². The standard InChI is InChI=1S/C21H21N3O2/c1-23(2)16-10-12-17(13-11-16)24-14-6-7-18(24)15-22-20-9-5-4-8-19(20)21(25)26-3/h4-15H,1-3H3. The van der Waals surface area contributed by atoms with Crippen LogP contribution in [0.25, 0.3) is 5.69 Å². The zero-order valence-corrected chi connectivity index (χ0v) is 15.1. The third-order valence-corrected chi connectivity index (χ3v) is 4.07. The van der Waals surface area contributed by atoms with Crippen LogP contribution in [-0.2, 0) is 4.74 Å². The molecule has 3 aromatic rings. The lowest BCUT2D eigenvalue weighted by atomic mass is 10.2. The van der Waals surface area contributed by atoms with Crippen LogP contribution in [0.1, 0.15) is 16.1 Å². The maximum absolute atomic E-state index is 11.9. The molecule has 1 aromatic heterocycles. The maximum atomic E-state index is 11.9. The molecule has 0 fully saturated rings. The van der Waals surface area contributed by atoms with Gasteiger partial charge in [0.25, 0.3) is 0 Å². The van der Waals surface area contributed by atoms with E-state index >= 15 is 0 Å². The van der Waals surface area contributed by atoms with Crippen LogP contribution in [0.15, 0.2) is 71.9 Å². The molecule has 5 heteroatoms. The van der Waals surface area contributed by atoms with E-state index in [1.807, 2.05) is 43.1 Å². The summed E-state index contributed by atoms with van der Waals surface area (Å²) in [5.41, 5.74) is 4.13. The number of benzene rings is 2. The van der Waals surface area contributed by atoms with Gasteiger partial charge >= 0.3 is 5.97 Å². The van der Waals surface area contributed by atoms with Crippen molar-refractivity contribution in [3.8, 4) is 5.69 Å². The minimum atomic E-state index is -0.396. The molecule has 0 saturated carbocycles. The zero-order chi connectivity index (χ0) is 18.5. The van der Waals surface area contributed by atoms with Gasteiger partial charge in [0.1, 0.15) is 0 Å². The summed E-state index contributed by atoms with van der Waals surface area (Å²) in [4.78, 5) is 18.4. The van der Waals surface area contributed by atoms with E-state index in [1.54, 1.807) is 24.4 Å². The first-order valence-corrected chi connectivity index (χ1v) is 8.26. The highest BCUT2D eigenvalue weighted by atomic mass is 16.5. The van der Waals surface area contributed by atoms with Gasteiger partial charge in [-0.15, -0.1) is 0 Å². The number of hydrogen-bond donors (Lipinski definition) is 0. The van der Waals surface area contributed by atoms with Crippen LogP contribution in [0, 0.1) is 0 Å². The van der Waals surface area contributed by atoms with E-state index in [2.05, 4.69) is 34.2 Å². The number of methoxy groups -OCH3 is 1. The fourth-order valence-electron chi connectivity index (χ4n) is 2.65. The van der Waals surface area contributed by atoms with E-state index in [-0.39, 0.29) is 0 Å². The first-order valence-electron chi connectivity index (χ1n) is 8.26. The molecule has 0 aliphatic rings. The van der Waals surface area contributed by atoms with Gasteiger partial charge in [0.15, 0.2) is 0 Å². The van der Waals surface area contributed by atoms with Gasteiger partial charge in [0, 0.05) is 31.7 Å². The van der Waals surface area contributed by atoms with E-state index in [9.17, 15) is 4.79 Å². The van der Waals surface area contributed by atoms with Crippen LogP contribution in [0.2, 0.25) is 0 Å². The van der Waals surface area contributed by atoms with Crippen LogP contribution in [0.5, 0.6) is 0 Å². The summed E-state index contributed by atoms with van der Waals surface area (Å²) >= 11 is 0. The molecular weight excluding hydrogens is 326 g/mol. The van der Waals surface area contributed by atoms with Crippen LogP contribution in [0.3, 0.4) is 0 Å². The Kier molecular flexibility index (Phi) is 5.17. The molecule has 0 bridgehead atoms. The summed E-state index contributed by atoms with van der Waals surface area (Å²) in [5, 5.41) is 0. The van der Waals surface area contributed by atoms with E-state index < -0.39 is 5.97 Å². The molecule has 0 saturated heterocycles. The van der Waals surface area contributed by atoms with Crippen LogP contribution < -0.4 is 4.90 Å². The average molecular weight is 347 g/mol. The van der Waals surface area contributed by atoms with Crippen LogP contribution >= 0.6 is 0 Å². The smallest absolute Gasteiger partial charge is 0.340 e. The Balaban J connectivity index is 1.90. The second kappa shape index (κ2) is 7.70. The van der Waals surface area contributed by atoms with Gasteiger partial charge in [0.05, 0.1) is 30.3 Å². The van der Waals surface area contributed by atoms with Gasteiger partial charge in [0.2, 0.25) is 0 Å². The highest BCUT2D eigenvalue weighted by Gasteiger charge is 2.10. The van der Waals surface area contributed by atoms with Crippen LogP contribution in [-0.4, -0.2) is 38.0 Å². The fourth-order valence-corrected chi connectivity index (χ4v) is 2.65. The van der Waals surface area contributed by atoms with Crippen molar-refractivity contribution < 1.29 is 9.53 Å². The molecule has 0 unspecified atom stereocenters. The summed E-state index contributed by atoms with van der Waals surface area (Å²) < 4.78 is 6.86. The molecule has 0 aliphatic heterocycles. The van der Waals surface area contributed by atoms with Gasteiger partial charge in [-0.05, 0) is 48.5 Å². The Labute approximate surface area is 153 Å². The first kappa shape index (κ1) is 17.5. The number of hydrogen-bond acceptors (Lipinski definition) is 4. The first-order chi connectivity index (χ1) is 12.6. The molecule has 0 N–H and O–H groups in total. The number of aliphatic imine (C=N–C) groups is 1. The third-order valence-electron chi connectivity index (χ3n) is 4.07. The Morgan fingerprint density at radius 2 is 1.77 bits per heavy atom. The lowest BCUT2D eigenvalue weighted by Gasteiger charge is -2.13. The number of para-hydroxylation sites is 1. The minimum Gasteiger partial charge on any atom is -0.465 e. The van der Waals surface area contributed by atoms with Crippen molar-refractivity contribution in [1.82, 2.24) is 4.57 Å². The fraction of sp³-hybridized carbons (Fsp3) is 0.143. The lowest BCUT2D eigenvalue weighted by Crippen LogP contribution is -2.08. The van der Waals surface area contributed by atoms with Crippen molar-refractivity contribution in [3.05, 3.63) is 78.1 Å². The molecule has 5 nitrogen and oxygen atoms in total. The number of ether oxygens (including phenoxy) is 1. The predicted octanol–water partition coefficient (Wildman–Crippen LogP) is 4.08. The van der Waals surface area contributed by atoms with Gasteiger partial charge in [-0.25, -0.2) is 4.79 Å². The minimum absolute atomic E-state index is 0.396. The number of esters is 1. The molecule has 3 rings (SSSR count). The second-order valence-electron chi connectivity index (χ2n) is 5.98. The number of aromatic nitrogens is 1. The average Bonchev–Trinajstić information content (AvgIpc) is 3.14. The normalized spacial score (nSPS) is 10.9. The number of carbonyl (C=O) groups is 1. The largest absolute Gasteiger partial charge is 0.465 e. The molecule has 2 aromatic carbocycles. The topological polar surface area (TPSA) is 46.8 Å². The third kappa shape index (κ3) is 3.67. The molecule has 0 spiro atoms. The Morgan fingerprint density at radius 3 is 2.46 bits per heavy atom. The quantitative estimate of drug-likeness (QED) is 0.516. The van der Waals surface area contributed by atoms with Gasteiger partial charge in [-0.3, -0.25) is 4.99 Å². The monoisotopic (exact) mass is 347 g/mol. The second-order valence-corrected chi connectivity index (χ2v) is 5.98. The van der Waals surface area contributed by atoms with Crippen molar-refractivity contribution in [2.45, 2.75) is 0 Å². The van der Waals surface area contributed by atoms with E-state index in [0.29, 0.717) is 11.3 Å². The predicted molar refractivity (Wildman–Crippen MR) is 105 cm³/mol. The summed E-state index contributed by atoms with van der Waals surface area (Å²) in [6.07, 6.45) is 3.74. The molecule has 0 aliphatic carbocycles. The summed E-state index contributed by atoms with van der Waals surface area (Å²) in [6.45, 7) is 0. The van der Waals surface area contributed by atoms with Crippen molar-refractivity contribution in [3.63, 3.8) is 0 Å². The van der Waals surface area contributed by atoms with Crippen molar-refractivity contribution >= 4 is 23.6 Å². The van der Waals surface area contributed by atoms with Crippen LogP contribution in [0.4, 0.5) is 11.4 Å². The lowest BCUT2D eigenvalue weighted by molar-refractivity contribution is 0.0601. The van der Waals surface area contributed by atoms with Gasteiger partial charge in [-0.1, -0.05) is 12.1 Å². The molecule has 0 atom stereocenters. The summed E-state index contributed by atoms with van der Waals surface area (Å²) in [7, 11) is 5.40. The molecule has 132 valence electrons. The van der Waals surface area contributed by atoms with Crippen molar-refractivity contribution in [1.29, 1.82) is 0 Å². The number of nitrogens with zero attached hydrogens (tertiary/aromatic N) is 3. The molecular formula is C21H21N3O2. The van der Waals surface area contributed by atoms with Gasteiger partial charge in [-0.2, -0.15) is 0 Å². The Hall–Kier alpha value is -3.34.